The number of piperidine rings is 2. The average Bonchev–Trinajstić information content (AvgIpc) is 3.11. The largest absolute Gasteiger partial charge is 0.338 e. The van der Waals surface area contributed by atoms with E-state index in [1.807, 2.05) is 17.0 Å². The van der Waals surface area contributed by atoms with Crippen molar-refractivity contribution < 1.29 is 9.59 Å². The number of likely N-dealkylation sites (tertiary alicyclic amines) is 3. The Bertz CT molecular complexity index is 670. The van der Waals surface area contributed by atoms with Gasteiger partial charge in [0.25, 0.3) is 5.91 Å². The van der Waals surface area contributed by atoms with E-state index in [-0.39, 0.29) is 11.3 Å². The first-order valence-electron chi connectivity index (χ1n) is 9.75. The van der Waals surface area contributed by atoms with Crippen LogP contribution in [0, 0.1) is 5.41 Å². The van der Waals surface area contributed by atoms with Crippen molar-refractivity contribution >= 4 is 11.8 Å². The molecule has 1 atom stereocenters. The maximum atomic E-state index is 12.6. The van der Waals surface area contributed by atoms with Gasteiger partial charge in [0, 0.05) is 44.8 Å². The van der Waals surface area contributed by atoms with E-state index in [1.54, 1.807) is 12.3 Å². The van der Waals surface area contributed by atoms with Crippen molar-refractivity contribution in [2.24, 2.45) is 5.41 Å². The molecule has 6 heteroatoms. The highest BCUT2D eigenvalue weighted by molar-refractivity contribution is 5.92. The molecule has 0 unspecified atom stereocenters. The Morgan fingerprint density at radius 2 is 2.00 bits per heavy atom. The number of aromatic nitrogens is 1. The van der Waals surface area contributed by atoms with E-state index in [2.05, 4.69) is 21.8 Å². The number of hydrogen-bond acceptors (Lipinski definition) is 4. The lowest BCUT2D eigenvalue weighted by Crippen LogP contribution is -2.55. The summed E-state index contributed by atoms with van der Waals surface area (Å²) in [5.41, 5.74) is 0.716. The van der Waals surface area contributed by atoms with E-state index in [0.29, 0.717) is 24.1 Å². The van der Waals surface area contributed by atoms with Gasteiger partial charge in [-0.2, -0.15) is 0 Å². The van der Waals surface area contributed by atoms with Crippen molar-refractivity contribution in [3.63, 3.8) is 0 Å². The molecule has 2 amide bonds. The lowest BCUT2D eigenvalue weighted by atomic mass is 9.72. The van der Waals surface area contributed by atoms with Crippen molar-refractivity contribution in [2.75, 3.05) is 39.8 Å². The minimum atomic E-state index is 0.0293. The lowest BCUT2D eigenvalue weighted by Gasteiger charge is -2.48. The summed E-state index contributed by atoms with van der Waals surface area (Å²) in [4.78, 5) is 35.7. The predicted octanol–water partition coefficient (Wildman–Crippen LogP) is 1.63. The number of hydrogen-bond donors (Lipinski definition) is 0. The Morgan fingerprint density at radius 3 is 2.65 bits per heavy atom. The van der Waals surface area contributed by atoms with Crippen LogP contribution < -0.4 is 0 Å². The molecule has 0 saturated carbocycles. The van der Waals surface area contributed by atoms with Crippen LogP contribution in [0.3, 0.4) is 0 Å². The zero-order valence-corrected chi connectivity index (χ0v) is 15.6. The molecule has 26 heavy (non-hydrogen) atoms. The van der Waals surface area contributed by atoms with Gasteiger partial charge in [-0.1, -0.05) is 6.07 Å². The third-order valence-electron chi connectivity index (χ3n) is 6.50. The summed E-state index contributed by atoms with van der Waals surface area (Å²) in [6, 6.07) is 5.84. The van der Waals surface area contributed by atoms with Crippen molar-refractivity contribution in [3.8, 4) is 0 Å². The fourth-order valence-electron chi connectivity index (χ4n) is 4.79. The summed E-state index contributed by atoms with van der Waals surface area (Å²) in [5.74, 6) is 0.351. The van der Waals surface area contributed by atoms with Crippen LogP contribution in [0.1, 0.15) is 42.6 Å². The van der Waals surface area contributed by atoms with Crippen LogP contribution in [0.15, 0.2) is 24.4 Å². The van der Waals surface area contributed by atoms with Crippen LogP contribution >= 0.6 is 0 Å². The molecule has 3 aliphatic rings. The fourth-order valence-corrected chi connectivity index (χ4v) is 4.79. The first-order chi connectivity index (χ1) is 12.6. The van der Waals surface area contributed by atoms with Gasteiger partial charge < -0.3 is 14.7 Å². The molecule has 3 fully saturated rings. The maximum absolute atomic E-state index is 12.6. The van der Waals surface area contributed by atoms with Crippen LogP contribution in [0.4, 0.5) is 0 Å². The van der Waals surface area contributed by atoms with E-state index in [1.165, 1.54) is 0 Å². The van der Waals surface area contributed by atoms with Crippen molar-refractivity contribution in [1.29, 1.82) is 0 Å². The Balaban J connectivity index is 1.40. The summed E-state index contributed by atoms with van der Waals surface area (Å²) in [5, 5.41) is 0. The topological polar surface area (TPSA) is 56.8 Å². The molecule has 3 aliphatic heterocycles. The molecule has 3 saturated heterocycles. The zero-order valence-electron chi connectivity index (χ0n) is 15.6. The molecule has 0 aliphatic carbocycles. The number of carbonyl (C=O) groups excluding carboxylic acids is 2. The van der Waals surface area contributed by atoms with Gasteiger partial charge in [0.1, 0.15) is 5.69 Å². The van der Waals surface area contributed by atoms with Gasteiger partial charge in [-0.05, 0) is 56.8 Å². The SMILES string of the molecule is CN1CC[C@H](N2CC3(CCC2=O)CCN(C(=O)c2ccccn2)CC3)C1. The van der Waals surface area contributed by atoms with E-state index in [4.69, 9.17) is 0 Å². The van der Waals surface area contributed by atoms with E-state index >= 15 is 0 Å². The van der Waals surface area contributed by atoms with E-state index in [9.17, 15) is 9.59 Å². The highest BCUT2D eigenvalue weighted by Gasteiger charge is 2.44. The Hall–Kier alpha value is -1.95. The minimum absolute atomic E-state index is 0.0293. The van der Waals surface area contributed by atoms with E-state index < -0.39 is 0 Å². The number of amides is 2. The number of nitrogens with zero attached hydrogens (tertiary/aromatic N) is 4. The molecule has 1 aromatic heterocycles. The number of pyridine rings is 1. The normalized spacial score (nSPS) is 26.5. The van der Waals surface area contributed by atoms with Gasteiger partial charge in [0.05, 0.1) is 0 Å². The van der Waals surface area contributed by atoms with Gasteiger partial charge in [0.2, 0.25) is 5.91 Å². The Kier molecular flexibility index (Phi) is 4.69. The summed E-state index contributed by atoms with van der Waals surface area (Å²) < 4.78 is 0. The molecule has 0 bridgehead atoms. The minimum Gasteiger partial charge on any atom is -0.338 e. The maximum Gasteiger partial charge on any atom is 0.272 e. The summed E-state index contributed by atoms with van der Waals surface area (Å²) >= 11 is 0. The molecule has 4 heterocycles. The summed E-state index contributed by atoms with van der Waals surface area (Å²) in [6.07, 6.45) is 6.35. The van der Waals surface area contributed by atoms with Gasteiger partial charge in [0.15, 0.2) is 0 Å². The van der Waals surface area contributed by atoms with Crippen molar-refractivity contribution in [3.05, 3.63) is 30.1 Å². The summed E-state index contributed by atoms with van der Waals surface area (Å²) in [6.45, 7) is 4.47. The van der Waals surface area contributed by atoms with Crippen molar-refractivity contribution in [1.82, 2.24) is 19.7 Å². The van der Waals surface area contributed by atoms with Crippen molar-refractivity contribution in [2.45, 2.75) is 38.1 Å². The third-order valence-corrected chi connectivity index (χ3v) is 6.50. The second kappa shape index (κ2) is 6.99. The molecule has 140 valence electrons. The molecule has 0 N–H and O–H groups in total. The van der Waals surface area contributed by atoms with Crippen LogP contribution in [0.25, 0.3) is 0 Å². The van der Waals surface area contributed by atoms with Gasteiger partial charge in [-0.3, -0.25) is 14.6 Å². The predicted molar refractivity (Wildman–Crippen MR) is 98.7 cm³/mol. The molecular weight excluding hydrogens is 328 g/mol. The number of carbonyl (C=O) groups is 2. The Morgan fingerprint density at radius 1 is 1.19 bits per heavy atom. The van der Waals surface area contributed by atoms with Gasteiger partial charge in [-0.25, -0.2) is 0 Å². The number of likely N-dealkylation sites (N-methyl/N-ethyl adjacent to an activating group) is 1. The van der Waals surface area contributed by atoms with Crippen LogP contribution in [-0.2, 0) is 4.79 Å². The smallest absolute Gasteiger partial charge is 0.272 e. The van der Waals surface area contributed by atoms with Crippen LogP contribution in [-0.4, -0.2) is 77.3 Å². The monoisotopic (exact) mass is 356 g/mol. The second-order valence-corrected chi connectivity index (χ2v) is 8.23. The van der Waals surface area contributed by atoms with Gasteiger partial charge in [-0.15, -0.1) is 0 Å². The van der Waals surface area contributed by atoms with Crippen LogP contribution in [0.2, 0.25) is 0 Å². The van der Waals surface area contributed by atoms with Crippen LogP contribution in [0.5, 0.6) is 0 Å². The first kappa shape index (κ1) is 17.5. The summed E-state index contributed by atoms with van der Waals surface area (Å²) in [7, 11) is 2.13. The zero-order chi connectivity index (χ0) is 18.1. The molecule has 0 aromatic carbocycles. The first-order valence-corrected chi connectivity index (χ1v) is 9.75. The lowest BCUT2D eigenvalue weighted by molar-refractivity contribution is -0.141. The highest BCUT2D eigenvalue weighted by Crippen LogP contribution is 2.41. The average molecular weight is 356 g/mol. The molecule has 4 rings (SSSR count). The molecule has 6 nitrogen and oxygen atoms in total. The molecule has 0 radical (unpaired) electrons. The standard InChI is InChI=1S/C20H28N4O2/c1-22-11-6-16(14-22)24-15-20(7-5-18(24)25)8-12-23(13-9-20)19(26)17-4-2-3-10-21-17/h2-4,10,16H,5-9,11-15H2,1H3/t16-/m0/s1. The Labute approximate surface area is 155 Å². The fraction of sp³-hybridized carbons (Fsp3) is 0.650. The van der Waals surface area contributed by atoms with Gasteiger partial charge >= 0.3 is 0 Å². The third kappa shape index (κ3) is 3.34. The quantitative estimate of drug-likeness (QED) is 0.808. The molecule has 1 aromatic rings. The van der Waals surface area contributed by atoms with E-state index in [0.717, 1.165) is 58.4 Å². The highest BCUT2D eigenvalue weighted by atomic mass is 16.2. The second-order valence-electron chi connectivity index (χ2n) is 8.23. The molecular formula is C20H28N4O2. The number of rotatable bonds is 2. The molecule has 1 spiro atoms.